The predicted molar refractivity (Wildman–Crippen MR) is 314 cm³/mol. The zero-order valence-corrected chi connectivity index (χ0v) is 50.7. The SMILES string of the molecule is CCCCCCCCC/C=C/C(O)C(COC1OC(CO)C(OC2OC(CO)C(OC3OC(CO)C(O)C(O)C3O)C(O)C2O)C(O)C1O)NC(=O)CCCCCCCCCCCCCCCCCCCCCCCCCCCCCC. The molecule has 0 aromatic rings. The van der Waals surface area contributed by atoms with E-state index in [1.807, 2.05) is 6.08 Å². The van der Waals surface area contributed by atoms with Gasteiger partial charge < -0.3 is 89.9 Å². The van der Waals surface area contributed by atoms with E-state index >= 15 is 0 Å². The summed E-state index contributed by atoms with van der Waals surface area (Å²) in [7, 11) is 0. The number of hydrogen-bond donors (Lipinski definition) is 12. The molecular formula is C63H119NO18. The fraction of sp³-hybridized carbons (Fsp3) is 0.952. The van der Waals surface area contributed by atoms with E-state index < -0.39 is 124 Å². The van der Waals surface area contributed by atoms with Crippen molar-refractivity contribution in [1.82, 2.24) is 5.32 Å². The number of allylic oxidation sites excluding steroid dienone is 1. The first-order chi connectivity index (χ1) is 39.8. The van der Waals surface area contributed by atoms with Crippen molar-refractivity contribution in [3.05, 3.63) is 12.2 Å². The van der Waals surface area contributed by atoms with E-state index in [0.29, 0.717) is 6.42 Å². The van der Waals surface area contributed by atoms with Crippen molar-refractivity contribution < 1.29 is 89.4 Å². The van der Waals surface area contributed by atoms with Gasteiger partial charge in [-0.15, -0.1) is 0 Å². The Kier molecular flexibility index (Phi) is 42.5. The number of nitrogens with one attached hydrogen (secondary N) is 1. The monoisotopic (exact) mass is 1180 g/mol. The number of carbonyl (C=O) groups is 1. The third kappa shape index (κ3) is 29.5. The van der Waals surface area contributed by atoms with Crippen molar-refractivity contribution in [2.75, 3.05) is 26.4 Å². The van der Waals surface area contributed by atoms with Crippen molar-refractivity contribution in [3.63, 3.8) is 0 Å². The first-order valence-electron chi connectivity index (χ1n) is 32.9. The smallest absolute Gasteiger partial charge is 0.220 e. The molecule has 3 rings (SSSR count). The maximum Gasteiger partial charge on any atom is 0.220 e. The van der Waals surface area contributed by atoms with Gasteiger partial charge in [-0.1, -0.05) is 238 Å². The summed E-state index contributed by atoms with van der Waals surface area (Å²) in [4.78, 5) is 13.3. The van der Waals surface area contributed by atoms with Gasteiger partial charge in [-0.3, -0.25) is 4.79 Å². The Bertz CT molecular complexity index is 1550. The molecule has 82 heavy (non-hydrogen) atoms. The van der Waals surface area contributed by atoms with Crippen LogP contribution in [0.25, 0.3) is 0 Å². The molecule has 17 atom stereocenters. The summed E-state index contributed by atoms with van der Waals surface area (Å²) in [6.45, 7) is 1.71. The highest BCUT2D eigenvalue weighted by atomic mass is 16.8. The Morgan fingerprint density at radius 1 is 0.427 bits per heavy atom. The normalized spacial score (nSPS) is 29.6. The number of ether oxygens (including phenoxy) is 6. The minimum atomic E-state index is -1.97. The Labute approximate surface area is 493 Å². The van der Waals surface area contributed by atoms with Gasteiger partial charge in [0.1, 0.15) is 73.2 Å². The molecule has 3 heterocycles. The zero-order chi connectivity index (χ0) is 59.7. The Hall–Kier alpha value is -1.47. The highest BCUT2D eigenvalue weighted by Gasteiger charge is 2.53. The molecule has 3 fully saturated rings. The van der Waals surface area contributed by atoms with Crippen LogP contribution in [0.4, 0.5) is 0 Å². The zero-order valence-electron chi connectivity index (χ0n) is 50.7. The molecule has 0 saturated carbocycles. The van der Waals surface area contributed by atoms with Crippen LogP contribution in [-0.4, -0.2) is 193 Å². The molecule has 0 aromatic heterocycles. The van der Waals surface area contributed by atoms with E-state index in [1.54, 1.807) is 6.08 Å². The topological polar surface area (TPSA) is 307 Å². The van der Waals surface area contributed by atoms with Crippen LogP contribution in [0.3, 0.4) is 0 Å². The average molecular weight is 1180 g/mol. The molecule has 0 spiro atoms. The molecule has 12 N–H and O–H groups in total. The van der Waals surface area contributed by atoms with Crippen LogP contribution in [0.5, 0.6) is 0 Å². The minimum Gasteiger partial charge on any atom is -0.394 e. The summed E-state index contributed by atoms with van der Waals surface area (Å²) in [5.74, 6) is -0.273. The highest BCUT2D eigenvalue weighted by Crippen LogP contribution is 2.33. The molecule has 19 heteroatoms. The van der Waals surface area contributed by atoms with Gasteiger partial charge in [-0.05, 0) is 19.3 Å². The van der Waals surface area contributed by atoms with Gasteiger partial charge in [0.2, 0.25) is 5.91 Å². The molecule has 484 valence electrons. The molecule has 3 aliphatic rings. The lowest BCUT2D eigenvalue weighted by atomic mass is 9.96. The third-order valence-corrected chi connectivity index (χ3v) is 16.8. The average Bonchev–Trinajstić information content (AvgIpc) is 3.58. The van der Waals surface area contributed by atoms with Gasteiger partial charge >= 0.3 is 0 Å². The number of unbranched alkanes of at least 4 members (excludes halogenated alkanes) is 34. The molecular weight excluding hydrogens is 1060 g/mol. The largest absolute Gasteiger partial charge is 0.394 e. The van der Waals surface area contributed by atoms with Gasteiger partial charge in [-0.25, -0.2) is 0 Å². The van der Waals surface area contributed by atoms with E-state index in [9.17, 15) is 61.0 Å². The van der Waals surface area contributed by atoms with Crippen LogP contribution in [0, 0.1) is 0 Å². The Morgan fingerprint density at radius 3 is 1.15 bits per heavy atom. The lowest BCUT2D eigenvalue weighted by Gasteiger charge is -2.48. The van der Waals surface area contributed by atoms with Crippen LogP contribution < -0.4 is 5.32 Å². The molecule has 3 saturated heterocycles. The third-order valence-electron chi connectivity index (χ3n) is 16.8. The van der Waals surface area contributed by atoms with Crippen molar-refractivity contribution >= 4 is 5.91 Å². The maximum absolute atomic E-state index is 13.3. The van der Waals surface area contributed by atoms with Gasteiger partial charge in [-0.2, -0.15) is 0 Å². The van der Waals surface area contributed by atoms with Crippen LogP contribution in [0.2, 0.25) is 0 Å². The van der Waals surface area contributed by atoms with Crippen LogP contribution in [0.1, 0.15) is 251 Å². The number of carbonyl (C=O) groups excluding carboxylic acids is 1. The Balaban J connectivity index is 1.36. The molecule has 0 bridgehead atoms. The number of aliphatic hydroxyl groups is 11. The van der Waals surface area contributed by atoms with Crippen molar-refractivity contribution in [2.24, 2.45) is 0 Å². The number of amides is 1. The number of aliphatic hydroxyl groups excluding tert-OH is 11. The van der Waals surface area contributed by atoms with E-state index in [-0.39, 0.29) is 18.9 Å². The molecule has 1 amide bonds. The van der Waals surface area contributed by atoms with E-state index in [0.717, 1.165) is 44.9 Å². The minimum absolute atomic E-state index is 0.249. The Morgan fingerprint density at radius 2 is 0.756 bits per heavy atom. The van der Waals surface area contributed by atoms with Crippen molar-refractivity contribution in [1.29, 1.82) is 0 Å². The highest BCUT2D eigenvalue weighted by molar-refractivity contribution is 5.76. The maximum atomic E-state index is 13.3. The van der Waals surface area contributed by atoms with E-state index in [1.165, 1.54) is 180 Å². The fourth-order valence-corrected chi connectivity index (χ4v) is 11.4. The molecule has 0 aromatic carbocycles. The van der Waals surface area contributed by atoms with E-state index in [2.05, 4.69) is 19.2 Å². The first kappa shape index (κ1) is 74.8. The molecule has 17 unspecified atom stereocenters. The number of rotatable bonds is 50. The molecule has 0 aliphatic carbocycles. The van der Waals surface area contributed by atoms with E-state index in [4.69, 9.17) is 28.4 Å². The second-order valence-electron chi connectivity index (χ2n) is 23.9. The summed E-state index contributed by atoms with van der Waals surface area (Å²) < 4.78 is 34.2. The second kappa shape index (κ2) is 46.7. The second-order valence-corrected chi connectivity index (χ2v) is 23.9. The summed E-state index contributed by atoms with van der Waals surface area (Å²) >= 11 is 0. The lowest BCUT2D eigenvalue weighted by Crippen LogP contribution is -2.66. The van der Waals surface area contributed by atoms with Crippen LogP contribution in [0.15, 0.2) is 12.2 Å². The summed E-state index contributed by atoms with van der Waals surface area (Å²) in [5.41, 5.74) is 0. The van der Waals surface area contributed by atoms with Crippen molar-refractivity contribution in [2.45, 2.75) is 356 Å². The van der Waals surface area contributed by atoms with Gasteiger partial charge in [0.25, 0.3) is 0 Å². The molecule has 19 nitrogen and oxygen atoms in total. The lowest BCUT2D eigenvalue weighted by molar-refractivity contribution is -0.379. The van der Waals surface area contributed by atoms with Gasteiger partial charge in [0.05, 0.1) is 38.6 Å². The van der Waals surface area contributed by atoms with Gasteiger partial charge in [0, 0.05) is 6.42 Å². The fourth-order valence-electron chi connectivity index (χ4n) is 11.4. The molecule has 0 radical (unpaired) electrons. The standard InChI is InChI=1S/C63H119NO18/c1-3-5-7-9-11-13-14-15-16-17-18-19-20-21-22-23-24-25-26-27-28-29-30-31-33-35-37-39-41-51(69)64-46(47(68)40-38-36-34-32-12-10-8-6-4-2)45-77-61-57(75)54(72)59(49(43-66)79-61)82-63-58(76)55(73)60(50(44-67)80-63)81-62-56(74)53(71)52(70)48(42-65)78-62/h38,40,46-50,52-63,65-68,70-76H,3-37,39,41-45H2,1-2H3,(H,64,69)/b40-38+. The number of hydrogen-bond acceptors (Lipinski definition) is 18. The van der Waals surface area contributed by atoms with Gasteiger partial charge in [0.15, 0.2) is 18.9 Å². The summed E-state index contributed by atoms with van der Waals surface area (Å²) in [6.07, 6.45) is 22.4. The summed E-state index contributed by atoms with van der Waals surface area (Å²) in [5, 5.41) is 120. The first-order valence-corrected chi connectivity index (χ1v) is 32.9. The summed E-state index contributed by atoms with van der Waals surface area (Å²) in [6, 6.07) is -0.966. The van der Waals surface area contributed by atoms with Crippen LogP contribution >= 0.6 is 0 Å². The van der Waals surface area contributed by atoms with Crippen molar-refractivity contribution in [3.8, 4) is 0 Å². The predicted octanol–water partition coefficient (Wildman–Crippen LogP) is 7.33. The quantitative estimate of drug-likeness (QED) is 0.0210. The van der Waals surface area contributed by atoms with Crippen LogP contribution in [-0.2, 0) is 33.2 Å². The molecule has 3 aliphatic heterocycles.